The summed E-state index contributed by atoms with van der Waals surface area (Å²) in [6, 6.07) is 8.90. The summed E-state index contributed by atoms with van der Waals surface area (Å²) >= 11 is 7.02. The Hall–Kier alpha value is -2.00. The molecule has 0 aliphatic carbocycles. The zero-order chi connectivity index (χ0) is 22.2. The van der Waals surface area contributed by atoms with E-state index in [1.54, 1.807) is 45.3 Å². The number of fused-ring (bicyclic) bond motifs is 6. The number of carbonyl (C=O) groups is 2. The van der Waals surface area contributed by atoms with Gasteiger partial charge in [-0.1, -0.05) is 13.8 Å². The van der Waals surface area contributed by atoms with Crippen LogP contribution in [0.5, 0.6) is 0 Å². The molecule has 0 radical (unpaired) electrons. The van der Waals surface area contributed by atoms with E-state index in [0.717, 1.165) is 22.6 Å². The third kappa shape index (κ3) is 4.17. The highest BCUT2D eigenvalue weighted by Crippen LogP contribution is 2.46. The molecule has 0 bridgehead atoms. The highest BCUT2D eigenvalue weighted by molar-refractivity contribution is 7.34. The van der Waals surface area contributed by atoms with Gasteiger partial charge in [0, 0.05) is 52.2 Å². The van der Waals surface area contributed by atoms with Crippen LogP contribution in [0.4, 0.5) is 0 Å². The molecule has 0 spiro atoms. The van der Waals surface area contributed by atoms with Crippen molar-refractivity contribution in [2.75, 3.05) is 0 Å². The van der Waals surface area contributed by atoms with Crippen LogP contribution in [0.1, 0.15) is 49.3 Å². The van der Waals surface area contributed by atoms with E-state index in [1.807, 2.05) is 13.8 Å². The Balaban J connectivity index is 1.43. The van der Waals surface area contributed by atoms with Crippen LogP contribution in [-0.4, -0.2) is 11.9 Å². The van der Waals surface area contributed by atoms with Gasteiger partial charge in [-0.25, -0.2) is 0 Å². The van der Waals surface area contributed by atoms with Crippen molar-refractivity contribution in [1.29, 1.82) is 0 Å². The van der Waals surface area contributed by atoms with Gasteiger partial charge in [0.15, 0.2) is 0 Å². The molecule has 0 aliphatic heterocycles. The van der Waals surface area contributed by atoms with Gasteiger partial charge in [0.1, 0.15) is 13.2 Å². The molecule has 0 unspecified atom stereocenters. The summed E-state index contributed by atoms with van der Waals surface area (Å²) in [7, 11) is 0. The molecule has 0 saturated carbocycles. The maximum absolute atomic E-state index is 11.7. The minimum atomic E-state index is -0.131. The van der Waals surface area contributed by atoms with Crippen molar-refractivity contribution in [2.45, 2.75) is 52.7 Å². The van der Waals surface area contributed by atoms with Crippen LogP contribution in [0.25, 0.3) is 39.0 Å². The van der Waals surface area contributed by atoms with Gasteiger partial charge in [0.25, 0.3) is 0 Å². The summed E-state index contributed by atoms with van der Waals surface area (Å²) < 4.78 is 18.4. The maximum atomic E-state index is 11.7. The molecule has 1 aromatic carbocycles. The summed E-state index contributed by atoms with van der Waals surface area (Å²) in [4.78, 5) is 25.5. The van der Waals surface area contributed by atoms with Crippen LogP contribution in [0, 0.1) is 0 Å². The average molecular weight is 503 g/mol. The lowest BCUT2D eigenvalue weighted by Crippen LogP contribution is -2.02. The largest absolute Gasteiger partial charge is 0.460 e. The van der Waals surface area contributed by atoms with Gasteiger partial charge in [0.05, 0.1) is 9.40 Å². The van der Waals surface area contributed by atoms with Gasteiger partial charge in [-0.2, -0.15) is 0 Å². The SMILES string of the molecule is CCCC(=O)OCc1cc2sc3cc4c(cc3c2s1)sc1cc(COC(=O)CCC)sc14. The van der Waals surface area contributed by atoms with E-state index in [-0.39, 0.29) is 11.9 Å². The number of esters is 2. The van der Waals surface area contributed by atoms with Gasteiger partial charge in [-0.15, -0.1) is 45.3 Å². The predicted molar refractivity (Wildman–Crippen MR) is 137 cm³/mol. The van der Waals surface area contributed by atoms with Crippen molar-refractivity contribution in [2.24, 2.45) is 0 Å². The third-order valence-electron chi connectivity index (χ3n) is 5.17. The van der Waals surface area contributed by atoms with E-state index >= 15 is 0 Å². The number of carbonyl (C=O) groups excluding carboxylic acids is 2. The Kier molecular flexibility index (Phi) is 6.20. The monoisotopic (exact) mass is 502 g/mol. The molecule has 0 aliphatic rings. The Morgan fingerprint density at radius 1 is 0.656 bits per heavy atom. The van der Waals surface area contributed by atoms with Gasteiger partial charge >= 0.3 is 11.9 Å². The van der Waals surface area contributed by atoms with Crippen molar-refractivity contribution in [1.82, 2.24) is 0 Å². The van der Waals surface area contributed by atoms with Gasteiger partial charge in [-0.05, 0) is 37.1 Å². The topological polar surface area (TPSA) is 52.6 Å². The molecule has 0 atom stereocenters. The standard InChI is InChI=1S/C24H22O4S4/c1-3-5-21(25)27-11-13-7-19-23(29-13)15-9-18-16(10-17(15)31-19)24-20(32-18)8-14(30-24)12-28-22(26)6-4-2/h7-10H,3-6,11-12H2,1-2H3. The van der Waals surface area contributed by atoms with Crippen LogP contribution in [0.3, 0.4) is 0 Å². The number of hydrogen-bond acceptors (Lipinski definition) is 8. The van der Waals surface area contributed by atoms with Gasteiger partial charge < -0.3 is 9.47 Å². The summed E-state index contributed by atoms with van der Waals surface area (Å²) in [6.07, 6.45) is 2.56. The number of ether oxygens (including phenoxy) is 2. The molecule has 4 aromatic heterocycles. The normalized spacial score (nSPS) is 11.8. The van der Waals surface area contributed by atoms with Crippen LogP contribution in [0.2, 0.25) is 0 Å². The second kappa shape index (κ2) is 9.09. The first kappa shape index (κ1) is 21.8. The van der Waals surface area contributed by atoms with Gasteiger partial charge in [0.2, 0.25) is 0 Å². The Morgan fingerprint density at radius 3 is 1.50 bits per heavy atom. The molecule has 5 aromatic rings. The second-order valence-corrected chi connectivity index (χ2v) is 12.1. The molecular formula is C24H22O4S4. The molecule has 0 amide bonds. The number of hydrogen-bond donors (Lipinski definition) is 0. The summed E-state index contributed by atoms with van der Waals surface area (Å²) in [5, 5.41) is 2.55. The molecule has 5 rings (SSSR count). The van der Waals surface area contributed by atoms with E-state index in [0.29, 0.717) is 26.1 Å². The average Bonchev–Trinajstić information content (AvgIpc) is 3.49. The fraction of sp³-hybridized carbons (Fsp3) is 0.333. The predicted octanol–water partition coefficient (Wildman–Crippen LogP) is 8.23. The molecule has 32 heavy (non-hydrogen) atoms. The third-order valence-corrected chi connectivity index (χ3v) is 9.91. The van der Waals surface area contributed by atoms with Crippen LogP contribution >= 0.6 is 45.3 Å². The summed E-state index contributed by atoms with van der Waals surface area (Å²) in [5.74, 6) is -0.261. The van der Waals surface area contributed by atoms with Crippen LogP contribution in [-0.2, 0) is 32.3 Å². The maximum Gasteiger partial charge on any atom is 0.306 e. The van der Waals surface area contributed by atoms with Crippen LogP contribution < -0.4 is 0 Å². The van der Waals surface area contributed by atoms with E-state index in [9.17, 15) is 9.59 Å². The first-order valence-corrected chi connectivity index (χ1v) is 13.9. The molecular weight excluding hydrogens is 481 g/mol. The van der Waals surface area contributed by atoms with E-state index < -0.39 is 0 Å². The number of benzene rings is 1. The molecule has 8 heteroatoms. The van der Waals surface area contributed by atoms with Crippen molar-refractivity contribution in [3.05, 3.63) is 34.0 Å². The lowest BCUT2D eigenvalue weighted by molar-refractivity contribution is -0.145. The first-order chi connectivity index (χ1) is 15.6. The first-order valence-electron chi connectivity index (χ1n) is 10.7. The molecule has 0 N–H and O–H groups in total. The fourth-order valence-electron chi connectivity index (χ4n) is 3.69. The molecule has 166 valence electrons. The Bertz CT molecular complexity index is 1340. The van der Waals surface area contributed by atoms with Crippen molar-refractivity contribution in [3.63, 3.8) is 0 Å². The van der Waals surface area contributed by atoms with Crippen molar-refractivity contribution < 1.29 is 19.1 Å². The molecule has 4 heterocycles. The molecule has 0 saturated heterocycles. The lowest BCUT2D eigenvalue weighted by Gasteiger charge is -2.01. The summed E-state index contributed by atoms with van der Waals surface area (Å²) in [6.45, 7) is 4.67. The molecule has 4 nitrogen and oxygen atoms in total. The Labute approximate surface area is 201 Å². The second-order valence-electron chi connectivity index (χ2n) is 7.68. The highest BCUT2D eigenvalue weighted by atomic mass is 32.1. The highest BCUT2D eigenvalue weighted by Gasteiger charge is 2.16. The lowest BCUT2D eigenvalue weighted by atomic mass is 10.2. The number of thiophene rings is 4. The zero-order valence-electron chi connectivity index (χ0n) is 17.8. The minimum Gasteiger partial charge on any atom is -0.460 e. The van der Waals surface area contributed by atoms with Gasteiger partial charge in [-0.3, -0.25) is 9.59 Å². The van der Waals surface area contributed by atoms with Crippen molar-refractivity contribution in [3.8, 4) is 0 Å². The minimum absolute atomic E-state index is 0.131. The van der Waals surface area contributed by atoms with E-state index in [1.165, 1.54) is 39.0 Å². The number of rotatable bonds is 8. The smallest absolute Gasteiger partial charge is 0.306 e. The Morgan fingerprint density at radius 2 is 1.09 bits per heavy atom. The zero-order valence-corrected chi connectivity index (χ0v) is 21.1. The van der Waals surface area contributed by atoms with E-state index in [4.69, 9.17) is 9.47 Å². The fourth-order valence-corrected chi connectivity index (χ4v) is 8.64. The van der Waals surface area contributed by atoms with E-state index in [2.05, 4.69) is 24.3 Å². The molecule has 0 fully saturated rings. The summed E-state index contributed by atoms with van der Waals surface area (Å²) in [5.41, 5.74) is 0. The quantitative estimate of drug-likeness (QED) is 0.201. The van der Waals surface area contributed by atoms with Crippen molar-refractivity contribution >= 4 is 96.3 Å². The van der Waals surface area contributed by atoms with Crippen LogP contribution in [0.15, 0.2) is 24.3 Å².